The quantitative estimate of drug-likeness (QED) is 0.320. The number of aliphatic hydroxyl groups is 1. The summed E-state index contributed by atoms with van der Waals surface area (Å²) in [5.74, 6) is 0.784. The molecule has 0 radical (unpaired) electrons. The highest BCUT2D eigenvalue weighted by Crippen LogP contribution is 2.36. The molecule has 0 aliphatic rings. The van der Waals surface area contributed by atoms with Gasteiger partial charge in [-0.2, -0.15) is 0 Å². The molecule has 0 unspecified atom stereocenters. The Morgan fingerprint density at radius 1 is 1.00 bits per heavy atom. The molecule has 0 aliphatic carbocycles. The molecule has 0 spiro atoms. The molecule has 4 aromatic rings. The minimum absolute atomic E-state index is 0.0285. The third kappa shape index (κ3) is 5.36. The fourth-order valence-corrected chi connectivity index (χ4v) is 5.26. The summed E-state index contributed by atoms with van der Waals surface area (Å²) in [7, 11) is -0.960. The Morgan fingerprint density at radius 3 is 2.24 bits per heavy atom. The molecule has 0 saturated heterocycles. The van der Waals surface area contributed by atoms with Gasteiger partial charge < -0.3 is 14.6 Å². The van der Waals surface area contributed by atoms with E-state index in [1.807, 2.05) is 19.1 Å². The van der Waals surface area contributed by atoms with Crippen molar-refractivity contribution in [3.8, 4) is 28.7 Å². The van der Waals surface area contributed by atoms with Crippen LogP contribution < -0.4 is 9.47 Å². The summed E-state index contributed by atoms with van der Waals surface area (Å²) in [5.41, 5.74) is 2.58. The number of aryl methyl sites for hydroxylation is 2. The van der Waals surface area contributed by atoms with Crippen LogP contribution >= 0.6 is 0 Å². The molecule has 1 aromatic carbocycles. The van der Waals surface area contributed by atoms with Gasteiger partial charge in [0, 0.05) is 18.1 Å². The zero-order valence-electron chi connectivity index (χ0n) is 21.9. The predicted molar refractivity (Wildman–Crippen MR) is 141 cm³/mol. The number of aromatic nitrogens is 6. The number of pyridine rings is 1. The van der Waals surface area contributed by atoms with E-state index in [1.54, 1.807) is 35.8 Å². The van der Waals surface area contributed by atoms with Crippen molar-refractivity contribution in [1.29, 1.82) is 0 Å². The van der Waals surface area contributed by atoms with Crippen molar-refractivity contribution >= 4 is 9.84 Å². The molecular formula is C26H30N6O5S. The van der Waals surface area contributed by atoms with Crippen LogP contribution in [0.1, 0.15) is 42.9 Å². The Labute approximate surface area is 221 Å². The zero-order valence-corrected chi connectivity index (χ0v) is 22.7. The lowest BCUT2D eigenvalue weighted by molar-refractivity contribution is 0.166. The van der Waals surface area contributed by atoms with Crippen LogP contribution in [-0.2, 0) is 22.0 Å². The van der Waals surface area contributed by atoms with Crippen LogP contribution in [-0.4, -0.2) is 62.7 Å². The SMILES string of the molecule is CCc1cccc(-c2nnc(CS(=O)(=O)[C@@H](C)[C@H](O)c3ncc(C)cn3)n2-c2c(OC)cccc2OC)n1. The van der Waals surface area contributed by atoms with E-state index in [9.17, 15) is 13.5 Å². The summed E-state index contributed by atoms with van der Waals surface area (Å²) in [6.45, 7) is 5.21. The minimum Gasteiger partial charge on any atom is -0.494 e. The average Bonchev–Trinajstić information content (AvgIpc) is 3.34. The van der Waals surface area contributed by atoms with Gasteiger partial charge in [-0.25, -0.2) is 23.4 Å². The van der Waals surface area contributed by atoms with E-state index >= 15 is 0 Å². The van der Waals surface area contributed by atoms with Crippen molar-refractivity contribution in [1.82, 2.24) is 29.7 Å². The van der Waals surface area contributed by atoms with E-state index < -0.39 is 26.9 Å². The van der Waals surface area contributed by atoms with Crippen molar-refractivity contribution in [3.05, 3.63) is 71.7 Å². The average molecular weight is 539 g/mol. The van der Waals surface area contributed by atoms with Gasteiger partial charge in [0.2, 0.25) is 0 Å². The van der Waals surface area contributed by atoms with Crippen LogP contribution in [0.4, 0.5) is 0 Å². The summed E-state index contributed by atoms with van der Waals surface area (Å²) < 4.78 is 39.9. The van der Waals surface area contributed by atoms with Gasteiger partial charge in [0.25, 0.3) is 0 Å². The molecule has 2 atom stereocenters. The third-order valence-corrected chi connectivity index (χ3v) is 8.21. The lowest BCUT2D eigenvalue weighted by Gasteiger charge is -2.20. The van der Waals surface area contributed by atoms with E-state index in [4.69, 9.17) is 9.47 Å². The first-order chi connectivity index (χ1) is 18.2. The Kier molecular flexibility index (Phi) is 8.02. The van der Waals surface area contributed by atoms with Gasteiger partial charge in [-0.05, 0) is 50.1 Å². The molecule has 11 nitrogen and oxygen atoms in total. The topological polar surface area (TPSA) is 142 Å². The first kappa shape index (κ1) is 27.1. The normalized spacial score (nSPS) is 13.2. The largest absolute Gasteiger partial charge is 0.494 e. The first-order valence-corrected chi connectivity index (χ1v) is 13.7. The predicted octanol–water partition coefficient (Wildman–Crippen LogP) is 3.04. The number of aliphatic hydroxyl groups excluding tert-OH is 1. The van der Waals surface area contributed by atoms with Gasteiger partial charge in [-0.3, -0.25) is 4.57 Å². The Hall–Kier alpha value is -3.90. The van der Waals surface area contributed by atoms with Gasteiger partial charge in [0.1, 0.15) is 34.7 Å². The summed E-state index contributed by atoms with van der Waals surface area (Å²) in [6, 6.07) is 10.8. The van der Waals surface area contributed by atoms with Crippen LogP contribution in [0, 0.1) is 6.92 Å². The van der Waals surface area contributed by atoms with Crippen molar-refractivity contribution in [2.75, 3.05) is 14.2 Å². The second-order valence-corrected chi connectivity index (χ2v) is 11.1. The molecule has 1 N–H and O–H groups in total. The summed E-state index contributed by atoms with van der Waals surface area (Å²) in [5, 5.41) is 18.2. The lowest BCUT2D eigenvalue weighted by Crippen LogP contribution is -2.29. The highest BCUT2D eigenvalue weighted by atomic mass is 32.2. The first-order valence-electron chi connectivity index (χ1n) is 12.0. The number of hydrogen-bond donors (Lipinski definition) is 1. The fraction of sp³-hybridized carbons (Fsp3) is 0.346. The van der Waals surface area contributed by atoms with Crippen LogP contribution in [0.2, 0.25) is 0 Å². The molecule has 38 heavy (non-hydrogen) atoms. The Morgan fingerprint density at radius 2 is 1.63 bits per heavy atom. The highest BCUT2D eigenvalue weighted by molar-refractivity contribution is 7.91. The third-order valence-electron chi connectivity index (χ3n) is 6.16. The second-order valence-electron chi connectivity index (χ2n) is 8.73. The number of nitrogens with zero attached hydrogens (tertiary/aromatic N) is 6. The lowest BCUT2D eigenvalue weighted by atomic mass is 10.2. The zero-order chi connectivity index (χ0) is 27.4. The molecule has 0 bridgehead atoms. The number of hydrogen-bond acceptors (Lipinski definition) is 10. The molecule has 3 aromatic heterocycles. The summed E-state index contributed by atoms with van der Waals surface area (Å²) in [4.78, 5) is 12.8. The maximum atomic E-state index is 13.5. The van der Waals surface area contributed by atoms with Crippen LogP contribution in [0.25, 0.3) is 17.2 Å². The number of ether oxygens (including phenoxy) is 2. The second kappa shape index (κ2) is 11.2. The van der Waals surface area contributed by atoms with Crippen molar-refractivity contribution in [2.24, 2.45) is 0 Å². The standard InChI is InChI=1S/C26H30N6O5S/c1-6-18-9-7-10-19(29-18)26-31-30-22(32(26)23-20(36-4)11-8-12-21(23)37-5)15-38(34,35)17(3)24(33)25-27-13-16(2)14-28-25/h7-14,17,24,33H,6,15H2,1-5H3/t17-,24-/m0/s1. The smallest absolute Gasteiger partial charge is 0.187 e. The fourth-order valence-electron chi connectivity index (χ4n) is 3.94. The van der Waals surface area contributed by atoms with Gasteiger partial charge in [-0.15, -0.1) is 10.2 Å². The summed E-state index contributed by atoms with van der Waals surface area (Å²) in [6.07, 6.45) is 2.33. The number of methoxy groups -OCH3 is 2. The molecule has 3 heterocycles. The number of sulfone groups is 1. The van der Waals surface area contributed by atoms with E-state index in [1.165, 1.54) is 33.5 Å². The van der Waals surface area contributed by atoms with Crippen molar-refractivity contribution in [2.45, 2.75) is 44.3 Å². The maximum absolute atomic E-state index is 13.5. The van der Waals surface area contributed by atoms with E-state index in [0.717, 1.165) is 11.3 Å². The molecule has 0 aliphatic heterocycles. The molecule has 0 amide bonds. The Bertz CT molecular complexity index is 1500. The molecule has 12 heteroatoms. The molecule has 0 saturated carbocycles. The van der Waals surface area contributed by atoms with Crippen molar-refractivity contribution in [3.63, 3.8) is 0 Å². The molecular weight excluding hydrogens is 508 g/mol. The molecule has 200 valence electrons. The molecule has 4 rings (SSSR count). The monoisotopic (exact) mass is 538 g/mol. The number of benzene rings is 1. The van der Waals surface area contributed by atoms with Crippen LogP contribution in [0.5, 0.6) is 11.5 Å². The molecule has 0 fully saturated rings. The van der Waals surface area contributed by atoms with Crippen LogP contribution in [0.15, 0.2) is 48.8 Å². The Balaban J connectivity index is 1.84. The number of rotatable bonds is 10. The van der Waals surface area contributed by atoms with E-state index in [0.29, 0.717) is 35.1 Å². The van der Waals surface area contributed by atoms with E-state index in [-0.39, 0.29) is 11.6 Å². The van der Waals surface area contributed by atoms with E-state index in [2.05, 4.69) is 25.1 Å². The minimum atomic E-state index is -3.98. The van der Waals surface area contributed by atoms with Gasteiger partial charge in [-0.1, -0.05) is 19.1 Å². The number of para-hydroxylation sites is 1. The highest BCUT2D eigenvalue weighted by Gasteiger charge is 2.34. The maximum Gasteiger partial charge on any atom is 0.187 e. The van der Waals surface area contributed by atoms with Gasteiger partial charge in [0.05, 0.1) is 19.5 Å². The van der Waals surface area contributed by atoms with Crippen molar-refractivity contribution < 1.29 is 23.0 Å². The van der Waals surface area contributed by atoms with Crippen LogP contribution in [0.3, 0.4) is 0 Å². The van der Waals surface area contributed by atoms with Gasteiger partial charge >= 0.3 is 0 Å². The van der Waals surface area contributed by atoms with Gasteiger partial charge in [0.15, 0.2) is 27.3 Å². The summed E-state index contributed by atoms with van der Waals surface area (Å²) >= 11 is 0.